The highest BCUT2D eigenvalue weighted by atomic mass is 32.1. The maximum absolute atomic E-state index is 12.5. The van der Waals surface area contributed by atoms with Crippen molar-refractivity contribution in [2.45, 2.75) is 13.8 Å². The van der Waals surface area contributed by atoms with Gasteiger partial charge < -0.3 is 4.74 Å². The molecule has 0 unspecified atom stereocenters. The van der Waals surface area contributed by atoms with Crippen LogP contribution in [0.2, 0.25) is 0 Å². The zero-order chi connectivity index (χ0) is 19.0. The molecule has 6 nitrogen and oxygen atoms in total. The molecule has 27 heavy (non-hydrogen) atoms. The van der Waals surface area contributed by atoms with Gasteiger partial charge in [-0.05, 0) is 61.4 Å². The van der Waals surface area contributed by atoms with E-state index in [-0.39, 0.29) is 5.91 Å². The predicted molar refractivity (Wildman–Crippen MR) is 107 cm³/mol. The molecule has 0 saturated heterocycles. The van der Waals surface area contributed by atoms with Gasteiger partial charge in [0.05, 0.1) is 12.8 Å². The van der Waals surface area contributed by atoms with E-state index in [2.05, 4.69) is 15.4 Å². The Morgan fingerprint density at radius 3 is 2.59 bits per heavy atom. The van der Waals surface area contributed by atoms with Crippen molar-refractivity contribution in [1.29, 1.82) is 0 Å². The fourth-order valence-electron chi connectivity index (χ4n) is 2.75. The third-order valence-corrected chi connectivity index (χ3v) is 5.28. The molecule has 1 N–H and O–H groups in total. The van der Waals surface area contributed by atoms with E-state index < -0.39 is 0 Å². The molecule has 0 aliphatic carbocycles. The number of hydrogen-bond donors (Lipinski definition) is 1. The molecule has 0 fully saturated rings. The number of hydrogen-bond acceptors (Lipinski definition) is 5. The van der Waals surface area contributed by atoms with E-state index >= 15 is 0 Å². The molecular formula is C20H18N4O2S. The third kappa shape index (κ3) is 3.29. The Kier molecular flexibility index (Phi) is 4.37. The molecule has 0 radical (unpaired) electrons. The van der Waals surface area contributed by atoms with Crippen LogP contribution in [0.5, 0.6) is 5.75 Å². The lowest BCUT2D eigenvalue weighted by atomic mass is 10.1. The smallest absolute Gasteiger partial charge is 0.258 e. The Morgan fingerprint density at radius 1 is 1.11 bits per heavy atom. The number of carbonyl (C=O) groups excluding carboxylic acids is 1. The topological polar surface area (TPSA) is 68.5 Å². The molecule has 4 aromatic rings. The highest BCUT2D eigenvalue weighted by Crippen LogP contribution is 2.27. The first-order chi connectivity index (χ1) is 13.0. The van der Waals surface area contributed by atoms with Gasteiger partial charge in [-0.15, -0.1) is 16.4 Å². The summed E-state index contributed by atoms with van der Waals surface area (Å²) < 4.78 is 6.94. The number of aryl methyl sites for hydroxylation is 2. The van der Waals surface area contributed by atoms with E-state index in [0.29, 0.717) is 11.5 Å². The average Bonchev–Trinajstić information content (AvgIpc) is 3.24. The van der Waals surface area contributed by atoms with Gasteiger partial charge in [-0.3, -0.25) is 10.1 Å². The number of aromatic nitrogens is 3. The standard InChI is InChI=1S/C20H18N4O2S/c1-12-4-5-15(10-13(12)2)18(25)21-19-22-20-24(23-19)17(11-27-20)14-6-8-16(26-3)9-7-14/h4-11H,1-3H3,(H,21,23,25). The van der Waals surface area contributed by atoms with E-state index in [1.807, 2.05) is 55.6 Å². The minimum Gasteiger partial charge on any atom is -0.497 e. The lowest BCUT2D eigenvalue weighted by molar-refractivity contribution is 0.102. The minimum absolute atomic E-state index is 0.220. The van der Waals surface area contributed by atoms with Crippen LogP contribution < -0.4 is 10.1 Å². The summed E-state index contributed by atoms with van der Waals surface area (Å²) in [6.45, 7) is 4.00. The molecule has 4 rings (SSSR count). The van der Waals surface area contributed by atoms with Crippen LogP contribution in [0.3, 0.4) is 0 Å². The molecule has 7 heteroatoms. The van der Waals surface area contributed by atoms with E-state index in [1.54, 1.807) is 17.7 Å². The Balaban J connectivity index is 1.61. The molecule has 1 amide bonds. The number of anilines is 1. The Hall–Kier alpha value is -3.19. The van der Waals surface area contributed by atoms with Crippen LogP contribution in [0, 0.1) is 13.8 Å². The second-order valence-electron chi connectivity index (χ2n) is 6.23. The van der Waals surface area contributed by atoms with Crippen LogP contribution in [-0.2, 0) is 0 Å². The second-order valence-corrected chi connectivity index (χ2v) is 7.07. The normalized spacial score (nSPS) is 10.9. The summed E-state index contributed by atoms with van der Waals surface area (Å²) in [6.07, 6.45) is 0. The number of thiazole rings is 1. The Morgan fingerprint density at radius 2 is 1.89 bits per heavy atom. The highest BCUT2D eigenvalue weighted by Gasteiger charge is 2.14. The van der Waals surface area contributed by atoms with Crippen molar-refractivity contribution in [1.82, 2.24) is 14.6 Å². The van der Waals surface area contributed by atoms with Crippen LogP contribution in [0.15, 0.2) is 47.8 Å². The zero-order valence-electron chi connectivity index (χ0n) is 15.2. The summed E-state index contributed by atoms with van der Waals surface area (Å²) in [7, 11) is 1.64. The molecule has 2 aromatic heterocycles. The van der Waals surface area contributed by atoms with Gasteiger partial charge in [0.1, 0.15) is 5.75 Å². The van der Waals surface area contributed by atoms with Crippen molar-refractivity contribution in [2.75, 3.05) is 12.4 Å². The summed E-state index contributed by atoms with van der Waals surface area (Å²) in [5, 5.41) is 9.22. The summed E-state index contributed by atoms with van der Waals surface area (Å²) >= 11 is 1.47. The molecule has 2 aromatic carbocycles. The van der Waals surface area contributed by atoms with Crippen LogP contribution >= 0.6 is 11.3 Å². The van der Waals surface area contributed by atoms with Gasteiger partial charge in [0.25, 0.3) is 11.9 Å². The first kappa shape index (κ1) is 17.2. The van der Waals surface area contributed by atoms with Crippen LogP contribution in [0.25, 0.3) is 16.2 Å². The van der Waals surface area contributed by atoms with Gasteiger partial charge in [0.15, 0.2) is 0 Å². The molecule has 0 spiro atoms. The largest absolute Gasteiger partial charge is 0.497 e. The average molecular weight is 378 g/mol. The molecule has 0 atom stereocenters. The van der Waals surface area contributed by atoms with E-state index in [1.165, 1.54) is 11.3 Å². The molecular weight excluding hydrogens is 360 g/mol. The lowest BCUT2D eigenvalue weighted by Gasteiger charge is -2.04. The van der Waals surface area contributed by atoms with Gasteiger partial charge in [-0.2, -0.15) is 4.98 Å². The van der Waals surface area contributed by atoms with E-state index in [4.69, 9.17) is 4.74 Å². The van der Waals surface area contributed by atoms with Gasteiger partial charge in [0.2, 0.25) is 4.96 Å². The third-order valence-electron chi connectivity index (χ3n) is 4.46. The molecule has 136 valence electrons. The van der Waals surface area contributed by atoms with Crippen molar-refractivity contribution in [3.63, 3.8) is 0 Å². The summed E-state index contributed by atoms with van der Waals surface area (Å²) in [6, 6.07) is 13.3. The summed E-state index contributed by atoms with van der Waals surface area (Å²) in [4.78, 5) is 17.6. The van der Waals surface area contributed by atoms with Crippen LogP contribution in [-0.4, -0.2) is 27.6 Å². The van der Waals surface area contributed by atoms with Gasteiger partial charge >= 0.3 is 0 Å². The molecule has 2 heterocycles. The van der Waals surface area contributed by atoms with E-state index in [0.717, 1.165) is 33.1 Å². The Labute approximate surface area is 160 Å². The van der Waals surface area contributed by atoms with Gasteiger partial charge in [-0.1, -0.05) is 6.07 Å². The van der Waals surface area contributed by atoms with Crippen molar-refractivity contribution >= 4 is 28.2 Å². The summed E-state index contributed by atoms with van der Waals surface area (Å²) in [5.41, 5.74) is 4.72. The van der Waals surface area contributed by atoms with Crippen molar-refractivity contribution in [2.24, 2.45) is 0 Å². The molecule has 0 saturated carbocycles. The minimum atomic E-state index is -0.220. The number of benzene rings is 2. The number of nitrogens with zero attached hydrogens (tertiary/aromatic N) is 3. The van der Waals surface area contributed by atoms with Gasteiger partial charge in [0, 0.05) is 16.5 Å². The molecule has 0 bridgehead atoms. The first-order valence-corrected chi connectivity index (χ1v) is 9.30. The number of amides is 1. The second kappa shape index (κ2) is 6.85. The number of fused-ring (bicyclic) bond motifs is 1. The number of nitrogens with one attached hydrogen (secondary N) is 1. The highest BCUT2D eigenvalue weighted by molar-refractivity contribution is 7.15. The molecule has 0 aliphatic heterocycles. The van der Waals surface area contributed by atoms with Crippen molar-refractivity contribution < 1.29 is 9.53 Å². The SMILES string of the molecule is COc1ccc(-c2csc3nc(NC(=O)c4ccc(C)c(C)c4)nn23)cc1. The monoisotopic (exact) mass is 378 g/mol. The van der Waals surface area contributed by atoms with Crippen LogP contribution in [0.1, 0.15) is 21.5 Å². The molecule has 0 aliphatic rings. The maximum Gasteiger partial charge on any atom is 0.258 e. The number of methoxy groups -OCH3 is 1. The van der Waals surface area contributed by atoms with Crippen molar-refractivity contribution in [3.05, 3.63) is 64.5 Å². The lowest BCUT2D eigenvalue weighted by Crippen LogP contribution is -2.13. The fourth-order valence-corrected chi connectivity index (χ4v) is 3.58. The Bertz CT molecular complexity index is 1130. The van der Waals surface area contributed by atoms with Crippen molar-refractivity contribution in [3.8, 4) is 17.0 Å². The van der Waals surface area contributed by atoms with E-state index in [9.17, 15) is 4.79 Å². The maximum atomic E-state index is 12.5. The fraction of sp³-hybridized carbons (Fsp3) is 0.150. The zero-order valence-corrected chi connectivity index (χ0v) is 16.0. The van der Waals surface area contributed by atoms with Gasteiger partial charge in [-0.25, -0.2) is 4.52 Å². The first-order valence-electron chi connectivity index (χ1n) is 8.42. The summed E-state index contributed by atoms with van der Waals surface area (Å²) in [5.74, 6) is 0.868. The quantitative estimate of drug-likeness (QED) is 0.574. The predicted octanol–water partition coefficient (Wildman–Crippen LogP) is 4.34. The number of ether oxygens (including phenoxy) is 1. The number of rotatable bonds is 4. The van der Waals surface area contributed by atoms with Crippen LogP contribution in [0.4, 0.5) is 5.95 Å². The number of carbonyl (C=O) groups is 1.